The van der Waals surface area contributed by atoms with E-state index in [1.807, 2.05) is 12.1 Å². The third-order valence-electron chi connectivity index (χ3n) is 5.54. The number of aliphatic carboxylic acids is 1. The summed E-state index contributed by atoms with van der Waals surface area (Å²) in [5.74, 6) is -0.540. The van der Waals surface area contributed by atoms with Crippen LogP contribution in [0, 0.1) is 11.8 Å². The van der Waals surface area contributed by atoms with Crippen LogP contribution in [0.4, 0.5) is 19.0 Å². The zero-order chi connectivity index (χ0) is 21.9. The third kappa shape index (κ3) is 4.98. The Morgan fingerprint density at radius 1 is 1.30 bits per heavy atom. The number of alkyl halides is 3. The summed E-state index contributed by atoms with van der Waals surface area (Å²) in [5.41, 5.74) is 0.781. The Bertz CT molecular complexity index is 857. The topological polar surface area (TPSA) is 96.1 Å². The van der Waals surface area contributed by atoms with E-state index >= 15 is 0 Å². The molecule has 2 saturated heterocycles. The van der Waals surface area contributed by atoms with Crippen molar-refractivity contribution in [3.63, 3.8) is 0 Å². The van der Waals surface area contributed by atoms with Crippen LogP contribution in [0.3, 0.4) is 0 Å². The fourth-order valence-corrected chi connectivity index (χ4v) is 3.87. The van der Waals surface area contributed by atoms with Gasteiger partial charge in [-0.25, -0.2) is 4.79 Å². The SMILES string of the molecule is CCN(CC)C[C@H]1CO[C@@H]2CN(c3ccc4nncn4n3)C[C@H]12.O=C(O)C(F)(F)F. The summed E-state index contributed by atoms with van der Waals surface area (Å²) in [4.78, 5) is 13.7. The first-order valence-electron chi connectivity index (χ1n) is 9.79. The lowest BCUT2D eigenvalue weighted by molar-refractivity contribution is -0.192. The number of carboxylic acids is 1. The molecular weight excluding hydrogens is 405 g/mol. The van der Waals surface area contributed by atoms with Crippen molar-refractivity contribution < 1.29 is 27.8 Å². The van der Waals surface area contributed by atoms with E-state index in [0.717, 1.165) is 50.8 Å². The van der Waals surface area contributed by atoms with Crippen molar-refractivity contribution in [3.05, 3.63) is 18.5 Å². The molecule has 30 heavy (non-hydrogen) atoms. The van der Waals surface area contributed by atoms with Gasteiger partial charge in [-0.1, -0.05) is 13.8 Å². The highest BCUT2D eigenvalue weighted by Crippen LogP contribution is 2.35. The van der Waals surface area contributed by atoms with E-state index in [1.165, 1.54) is 0 Å². The van der Waals surface area contributed by atoms with Crippen molar-refractivity contribution in [2.75, 3.05) is 44.2 Å². The summed E-state index contributed by atoms with van der Waals surface area (Å²) in [6, 6.07) is 4.00. The highest BCUT2D eigenvalue weighted by molar-refractivity contribution is 5.73. The molecule has 0 aliphatic carbocycles. The van der Waals surface area contributed by atoms with E-state index in [1.54, 1.807) is 10.8 Å². The molecule has 4 heterocycles. The molecule has 0 bridgehead atoms. The zero-order valence-electron chi connectivity index (χ0n) is 16.8. The van der Waals surface area contributed by atoms with Crippen molar-refractivity contribution in [1.29, 1.82) is 0 Å². The summed E-state index contributed by atoms with van der Waals surface area (Å²) in [6.45, 7) is 10.7. The number of ether oxygens (including phenoxy) is 1. The molecule has 2 aliphatic heterocycles. The van der Waals surface area contributed by atoms with Gasteiger partial charge in [0.15, 0.2) is 5.65 Å². The first-order valence-corrected chi connectivity index (χ1v) is 9.79. The molecule has 0 radical (unpaired) electrons. The number of halogens is 3. The van der Waals surface area contributed by atoms with Gasteiger partial charge in [-0.15, -0.1) is 15.3 Å². The largest absolute Gasteiger partial charge is 0.490 e. The van der Waals surface area contributed by atoms with Crippen LogP contribution < -0.4 is 4.90 Å². The van der Waals surface area contributed by atoms with Crippen LogP contribution in [0.5, 0.6) is 0 Å². The van der Waals surface area contributed by atoms with Crippen molar-refractivity contribution >= 4 is 17.4 Å². The molecular formula is C18H25F3N6O3. The van der Waals surface area contributed by atoms with Gasteiger partial charge in [-0.05, 0) is 25.2 Å². The van der Waals surface area contributed by atoms with Crippen LogP contribution in [0.15, 0.2) is 18.5 Å². The predicted molar refractivity (Wildman–Crippen MR) is 101 cm³/mol. The molecule has 2 aromatic heterocycles. The van der Waals surface area contributed by atoms with E-state index in [0.29, 0.717) is 17.9 Å². The number of rotatable bonds is 5. The van der Waals surface area contributed by atoms with Gasteiger partial charge in [-0.3, -0.25) is 0 Å². The van der Waals surface area contributed by atoms with Gasteiger partial charge < -0.3 is 19.6 Å². The first-order chi connectivity index (χ1) is 14.2. The van der Waals surface area contributed by atoms with Crippen LogP contribution in [0.1, 0.15) is 13.8 Å². The zero-order valence-corrected chi connectivity index (χ0v) is 16.8. The molecule has 3 atom stereocenters. The molecule has 4 rings (SSSR count). The molecule has 1 N–H and O–H groups in total. The van der Waals surface area contributed by atoms with Crippen molar-refractivity contribution in [1.82, 2.24) is 24.7 Å². The number of hydrogen-bond acceptors (Lipinski definition) is 7. The van der Waals surface area contributed by atoms with Crippen molar-refractivity contribution in [2.45, 2.75) is 26.1 Å². The smallest absolute Gasteiger partial charge is 0.475 e. The number of aromatic nitrogens is 4. The lowest BCUT2D eigenvalue weighted by Crippen LogP contribution is -2.34. The lowest BCUT2D eigenvalue weighted by atomic mass is 9.92. The molecule has 0 aromatic carbocycles. The first kappa shape index (κ1) is 22.2. The Hall–Kier alpha value is -2.47. The molecule has 166 valence electrons. The molecule has 2 aromatic rings. The second-order valence-corrected chi connectivity index (χ2v) is 7.31. The van der Waals surface area contributed by atoms with Crippen LogP contribution in [-0.4, -0.2) is 87.4 Å². The fraction of sp³-hybridized carbons (Fsp3) is 0.667. The maximum Gasteiger partial charge on any atom is 0.490 e. The molecule has 0 unspecified atom stereocenters. The Morgan fingerprint density at radius 2 is 2.00 bits per heavy atom. The Balaban J connectivity index is 0.000000318. The fourth-order valence-electron chi connectivity index (χ4n) is 3.87. The van der Waals surface area contributed by atoms with Gasteiger partial charge in [0.2, 0.25) is 0 Å². The van der Waals surface area contributed by atoms with E-state index in [-0.39, 0.29) is 0 Å². The summed E-state index contributed by atoms with van der Waals surface area (Å²) in [6.07, 6.45) is -3.09. The van der Waals surface area contributed by atoms with Crippen LogP contribution in [-0.2, 0) is 9.53 Å². The van der Waals surface area contributed by atoms with E-state index < -0.39 is 12.1 Å². The maximum absolute atomic E-state index is 10.6. The normalized spacial score (nSPS) is 23.5. The van der Waals surface area contributed by atoms with E-state index in [4.69, 9.17) is 14.6 Å². The number of fused-ring (bicyclic) bond motifs is 2. The van der Waals surface area contributed by atoms with Gasteiger partial charge >= 0.3 is 12.1 Å². The summed E-state index contributed by atoms with van der Waals surface area (Å²) in [7, 11) is 0. The monoisotopic (exact) mass is 430 g/mol. The van der Waals surface area contributed by atoms with E-state index in [2.05, 4.69) is 38.9 Å². The third-order valence-corrected chi connectivity index (χ3v) is 5.54. The van der Waals surface area contributed by atoms with Gasteiger partial charge in [0.05, 0.1) is 12.7 Å². The number of carboxylic acid groups (broad SMARTS) is 1. The van der Waals surface area contributed by atoms with E-state index in [9.17, 15) is 13.2 Å². The minimum absolute atomic E-state index is 0.342. The number of hydrogen-bond donors (Lipinski definition) is 1. The maximum atomic E-state index is 10.6. The molecule has 2 fully saturated rings. The summed E-state index contributed by atoms with van der Waals surface area (Å²) in [5, 5.41) is 19.6. The number of anilines is 1. The molecule has 12 heteroatoms. The van der Waals surface area contributed by atoms with Crippen molar-refractivity contribution in [2.24, 2.45) is 11.8 Å². The van der Waals surface area contributed by atoms with Crippen molar-refractivity contribution in [3.8, 4) is 0 Å². The van der Waals surface area contributed by atoms with Gasteiger partial charge in [-0.2, -0.15) is 17.7 Å². The second-order valence-electron chi connectivity index (χ2n) is 7.31. The molecule has 2 aliphatic rings. The van der Waals surface area contributed by atoms with Crippen LogP contribution in [0.2, 0.25) is 0 Å². The van der Waals surface area contributed by atoms with Gasteiger partial charge in [0.25, 0.3) is 0 Å². The molecule has 9 nitrogen and oxygen atoms in total. The van der Waals surface area contributed by atoms with Gasteiger partial charge in [0, 0.05) is 31.5 Å². The van der Waals surface area contributed by atoms with Gasteiger partial charge in [0.1, 0.15) is 12.1 Å². The van der Waals surface area contributed by atoms with Crippen LogP contribution >= 0.6 is 0 Å². The lowest BCUT2D eigenvalue weighted by Gasteiger charge is -2.25. The Labute approximate surface area is 171 Å². The minimum Gasteiger partial charge on any atom is -0.475 e. The highest BCUT2D eigenvalue weighted by atomic mass is 19.4. The average molecular weight is 430 g/mol. The Morgan fingerprint density at radius 3 is 2.63 bits per heavy atom. The summed E-state index contributed by atoms with van der Waals surface area (Å²) >= 11 is 0. The standard InChI is InChI=1S/C16H24N6O.C2HF3O2/c1-3-20(4-2)7-12-10-23-14-9-21(8-13(12)14)16-6-5-15-18-17-11-22(15)19-16;3-2(4,5)1(6)7/h5-6,11-14H,3-4,7-10H2,1-2H3;(H,6,7)/t12-,13+,14+;/m0./s1. The summed E-state index contributed by atoms with van der Waals surface area (Å²) < 4.78 is 39.5. The quantitative estimate of drug-likeness (QED) is 0.764. The molecule has 0 spiro atoms. The molecule has 0 saturated carbocycles. The predicted octanol–water partition coefficient (Wildman–Crippen LogP) is 1.55. The van der Waals surface area contributed by atoms with Crippen LogP contribution in [0.25, 0.3) is 5.65 Å². The Kier molecular flexibility index (Phi) is 6.76. The number of carbonyl (C=O) groups is 1. The average Bonchev–Trinajstić information content (AvgIpc) is 3.41. The second kappa shape index (κ2) is 9.13. The molecule has 0 amide bonds. The minimum atomic E-state index is -5.08. The number of nitrogens with zero attached hydrogens (tertiary/aromatic N) is 6. The highest BCUT2D eigenvalue weighted by Gasteiger charge is 2.44.